The zero-order chi connectivity index (χ0) is 19.4. The maximum absolute atomic E-state index is 13.9. The molecule has 4 rings (SSSR count). The fourth-order valence-corrected chi connectivity index (χ4v) is 5.39. The number of carbonyl (C=O) groups is 2. The average Bonchev–Trinajstić information content (AvgIpc) is 2.84. The van der Waals surface area contributed by atoms with Crippen LogP contribution in [-0.4, -0.2) is 31.0 Å². The summed E-state index contributed by atoms with van der Waals surface area (Å²) < 4.78 is 38.6. The van der Waals surface area contributed by atoms with Gasteiger partial charge in [-0.25, -0.2) is 17.6 Å². The van der Waals surface area contributed by atoms with Gasteiger partial charge < -0.3 is 5.32 Å². The van der Waals surface area contributed by atoms with Crippen LogP contribution in [0.25, 0.3) is 0 Å². The molecule has 8 heteroatoms. The molecule has 1 saturated heterocycles. The lowest BCUT2D eigenvalue weighted by Gasteiger charge is -2.33. The number of nitrogens with zero attached hydrogens (tertiary/aromatic N) is 1. The molecule has 1 N–H and O–H groups in total. The molecule has 2 aromatic carbocycles. The summed E-state index contributed by atoms with van der Waals surface area (Å²) in [6, 6.07) is 10.0. The van der Waals surface area contributed by atoms with E-state index < -0.39 is 33.1 Å². The number of nitrogens with one attached hydrogen (secondary N) is 1. The molecule has 2 aliphatic rings. The Morgan fingerprint density at radius 2 is 1.96 bits per heavy atom. The molecule has 0 unspecified atom stereocenters. The molecule has 1 atom stereocenters. The number of rotatable bonds is 2. The number of carbonyl (C=O) groups excluding carboxylic acids is 2. The molecule has 0 saturated carbocycles. The number of aryl methyl sites for hydroxylation is 1. The topological polar surface area (TPSA) is 83.6 Å². The van der Waals surface area contributed by atoms with E-state index in [4.69, 9.17) is 0 Å². The molecule has 1 fully saturated rings. The van der Waals surface area contributed by atoms with Crippen LogP contribution in [0.2, 0.25) is 0 Å². The lowest BCUT2D eigenvalue weighted by Crippen LogP contribution is -2.48. The molecular weight excluding hydrogens is 371 g/mol. The molecular formula is C19H17FN2O4S. The van der Waals surface area contributed by atoms with Gasteiger partial charge in [0.25, 0.3) is 5.91 Å². The highest BCUT2D eigenvalue weighted by Gasteiger charge is 2.56. The third kappa shape index (κ3) is 2.71. The number of imide groups is 1. The van der Waals surface area contributed by atoms with E-state index in [2.05, 4.69) is 5.32 Å². The molecule has 0 aliphatic carbocycles. The highest BCUT2D eigenvalue weighted by molar-refractivity contribution is 7.91. The van der Waals surface area contributed by atoms with Crippen molar-refractivity contribution in [2.75, 3.05) is 5.75 Å². The predicted molar refractivity (Wildman–Crippen MR) is 95.0 cm³/mol. The van der Waals surface area contributed by atoms with Gasteiger partial charge in [0.15, 0.2) is 9.84 Å². The van der Waals surface area contributed by atoms with Crippen molar-refractivity contribution in [3.8, 4) is 0 Å². The number of hydrogen-bond acceptors (Lipinski definition) is 4. The number of sulfone groups is 1. The first-order valence-electron chi connectivity index (χ1n) is 8.45. The standard InChI is InChI=1S/C19H17FN2O4S/c1-12-3-2-4-13(9-12)11-22-17(23)19(21-18(22)24)7-8-27(25,26)16-6-5-14(20)10-15(16)19/h2-6,9-10H,7-8,11H2,1H3,(H,21,24)/t19-/m1/s1. The van der Waals surface area contributed by atoms with Crippen molar-refractivity contribution in [3.63, 3.8) is 0 Å². The first-order valence-corrected chi connectivity index (χ1v) is 10.1. The monoisotopic (exact) mass is 388 g/mol. The summed E-state index contributed by atoms with van der Waals surface area (Å²) in [6.07, 6.45) is -0.124. The van der Waals surface area contributed by atoms with Crippen molar-refractivity contribution in [1.82, 2.24) is 10.2 Å². The van der Waals surface area contributed by atoms with Gasteiger partial charge in [0, 0.05) is 5.56 Å². The Hall–Kier alpha value is -2.74. The van der Waals surface area contributed by atoms with Gasteiger partial charge in [0.05, 0.1) is 17.2 Å². The summed E-state index contributed by atoms with van der Waals surface area (Å²) in [5.74, 6) is -1.52. The van der Waals surface area contributed by atoms with Crippen LogP contribution in [-0.2, 0) is 26.7 Å². The lowest BCUT2D eigenvalue weighted by molar-refractivity contribution is -0.132. The van der Waals surface area contributed by atoms with E-state index in [0.717, 1.165) is 34.2 Å². The third-order valence-corrected chi connectivity index (χ3v) is 6.85. The van der Waals surface area contributed by atoms with E-state index in [1.54, 1.807) is 6.07 Å². The Kier molecular flexibility index (Phi) is 3.85. The molecule has 27 heavy (non-hydrogen) atoms. The Morgan fingerprint density at radius 3 is 2.70 bits per heavy atom. The molecule has 2 heterocycles. The normalized spacial score (nSPS) is 23.4. The second-order valence-corrected chi connectivity index (χ2v) is 9.00. The van der Waals surface area contributed by atoms with Crippen molar-refractivity contribution in [2.24, 2.45) is 0 Å². The van der Waals surface area contributed by atoms with Gasteiger partial charge in [-0.1, -0.05) is 29.8 Å². The largest absolute Gasteiger partial charge is 0.325 e. The molecule has 2 aliphatic heterocycles. The highest BCUT2D eigenvalue weighted by atomic mass is 32.2. The van der Waals surface area contributed by atoms with Gasteiger partial charge in [-0.3, -0.25) is 9.69 Å². The summed E-state index contributed by atoms with van der Waals surface area (Å²) >= 11 is 0. The third-order valence-electron chi connectivity index (χ3n) is 5.08. The lowest BCUT2D eigenvalue weighted by atomic mass is 9.86. The van der Waals surface area contributed by atoms with Gasteiger partial charge in [-0.2, -0.15) is 0 Å². The molecule has 6 nitrogen and oxygen atoms in total. The summed E-state index contributed by atoms with van der Waals surface area (Å²) in [5, 5.41) is 2.63. The number of benzene rings is 2. The van der Waals surface area contributed by atoms with Crippen molar-refractivity contribution in [1.29, 1.82) is 0 Å². The van der Waals surface area contributed by atoms with Crippen molar-refractivity contribution in [2.45, 2.75) is 30.3 Å². The van der Waals surface area contributed by atoms with Crippen LogP contribution in [0.3, 0.4) is 0 Å². The number of amides is 3. The van der Waals surface area contributed by atoms with Crippen molar-refractivity contribution < 1.29 is 22.4 Å². The fourth-order valence-electron chi connectivity index (χ4n) is 3.75. The summed E-state index contributed by atoms with van der Waals surface area (Å²) in [6.45, 7) is 1.97. The number of hydrogen-bond donors (Lipinski definition) is 1. The van der Waals surface area contributed by atoms with E-state index >= 15 is 0 Å². The summed E-state index contributed by atoms with van der Waals surface area (Å²) in [7, 11) is -3.63. The number of fused-ring (bicyclic) bond motifs is 2. The van der Waals surface area contributed by atoms with E-state index in [1.165, 1.54) is 0 Å². The summed E-state index contributed by atoms with van der Waals surface area (Å²) in [4.78, 5) is 26.7. The zero-order valence-electron chi connectivity index (χ0n) is 14.5. The molecule has 0 aromatic heterocycles. The van der Waals surface area contributed by atoms with E-state index in [1.807, 2.05) is 25.1 Å². The van der Waals surface area contributed by atoms with Gasteiger partial charge in [0.2, 0.25) is 0 Å². The van der Waals surface area contributed by atoms with Crippen LogP contribution in [0, 0.1) is 12.7 Å². The number of halogens is 1. The molecule has 140 valence electrons. The molecule has 2 aromatic rings. The second kappa shape index (κ2) is 5.88. The van der Waals surface area contributed by atoms with E-state index in [9.17, 15) is 22.4 Å². The van der Waals surface area contributed by atoms with E-state index in [0.29, 0.717) is 0 Å². The zero-order valence-corrected chi connectivity index (χ0v) is 15.3. The maximum atomic E-state index is 13.9. The Bertz CT molecular complexity index is 1080. The Morgan fingerprint density at radius 1 is 1.19 bits per heavy atom. The molecule has 0 bridgehead atoms. The van der Waals surface area contributed by atoms with Crippen LogP contribution >= 0.6 is 0 Å². The number of urea groups is 1. The van der Waals surface area contributed by atoms with Crippen LogP contribution in [0.5, 0.6) is 0 Å². The second-order valence-electron chi connectivity index (χ2n) is 6.93. The SMILES string of the molecule is Cc1cccc(CN2C(=O)N[C@@]3(CCS(=O)(=O)c4ccc(F)cc43)C2=O)c1. The minimum Gasteiger partial charge on any atom is -0.319 e. The minimum atomic E-state index is -3.63. The Labute approximate surface area is 155 Å². The molecule has 3 amide bonds. The average molecular weight is 388 g/mol. The van der Waals surface area contributed by atoms with Crippen LogP contribution in [0.15, 0.2) is 47.4 Å². The van der Waals surface area contributed by atoms with Gasteiger partial charge in [0.1, 0.15) is 11.4 Å². The van der Waals surface area contributed by atoms with Crippen LogP contribution < -0.4 is 5.32 Å². The van der Waals surface area contributed by atoms with Crippen LogP contribution in [0.1, 0.15) is 23.1 Å². The highest BCUT2D eigenvalue weighted by Crippen LogP contribution is 2.41. The minimum absolute atomic E-state index is 0.00107. The quantitative estimate of drug-likeness (QED) is 0.632. The Balaban J connectivity index is 1.78. The van der Waals surface area contributed by atoms with Crippen LogP contribution in [0.4, 0.5) is 9.18 Å². The fraction of sp³-hybridized carbons (Fsp3) is 0.263. The van der Waals surface area contributed by atoms with Crippen molar-refractivity contribution in [3.05, 3.63) is 65.0 Å². The summed E-state index contributed by atoms with van der Waals surface area (Å²) in [5.41, 5.74) is 0.214. The predicted octanol–water partition coefficient (Wildman–Crippen LogP) is 2.26. The first-order chi connectivity index (χ1) is 12.7. The smallest absolute Gasteiger partial charge is 0.319 e. The van der Waals surface area contributed by atoms with Gasteiger partial charge in [-0.15, -0.1) is 0 Å². The molecule has 1 spiro atoms. The van der Waals surface area contributed by atoms with E-state index in [-0.39, 0.29) is 29.2 Å². The molecule has 0 radical (unpaired) electrons. The van der Waals surface area contributed by atoms with Gasteiger partial charge >= 0.3 is 6.03 Å². The van der Waals surface area contributed by atoms with Gasteiger partial charge in [-0.05, 0) is 37.1 Å². The van der Waals surface area contributed by atoms with Crippen molar-refractivity contribution >= 4 is 21.8 Å². The maximum Gasteiger partial charge on any atom is 0.325 e. The first kappa shape index (κ1) is 17.7.